The fourth-order valence-corrected chi connectivity index (χ4v) is 4.48. The van der Waals surface area contributed by atoms with Crippen LogP contribution in [0.4, 0.5) is 0 Å². The van der Waals surface area contributed by atoms with Gasteiger partial charge in [0.1, 0.15) is 11.9 Å². The van der Waals surface area contributed by atoms with E-state index in [9.17, 15) is 0 Å². The van der Waals surface area contributed by atoms with Crippen LogP contribution in [-0.4, -0.2) is 35.6 Å². The highest BCUT2D eigenvalue weighted by molar-refractivity contribution is 5.84. The Labute approximate surface area is 151 Å². The Morgan fingerprint density at radius 2 is 1.84 bits per heavy atom. The summed E-state index contributed by atoms with van der Waals surface area (Å²) in [6, 6.07) is 6.44. The van der Waals surface area contributed by atoms with E-state index in [1.54, 1.807) is 0 Å². The zero-order valence-corrected chi connectivity index (χ0v) is 15.4. The molecule has 0 spiro atoms. The summed E-state index contributed by atoms with van der Waals surface area (Å²) < 4.78 is 6.39. The van der Waals surface area contributed by atoms with Gasteiger partial charge in [-0.1, -0.05) is 19.3 Å². The molecule has 4 rings (SSSR count). The number of likely N-dealkylation sites (tertiary alicyclic amines) is 1. The molecule has 1 saturated carbocycles. The molecular formula is C22H30N2O. The van der Waals surface area contributed by atoms with Crippen LogP contribution in [-0.2, 0) is 0 Å². The van der Waals surface area contributed by atoms with Gasteiger partial charge in [0.05, 0.1) is 0 Å². The SMILES string of the molecule is Cc1cc2cnccc2cc1OC1CCN(CC2CCCCC2)CC1. The lowest BCUT2D eigenvalue weighted by molar-refractivity contribution is 0.0860. The van der Waals surface area contributed by atoms with E-state index in [1.807, 2.05) is 12.4 Å². The van der Waals surface area contributed by atoms with Gasteiger partial charge in [-0.25, -0.2) is 0 Å². The van der Waals surface area contributed by atoms with Crippen LogP contribution in [0.2, 0.25) is 0 Å². The first-order valence-electron chi connectivity index (χ1n) is 10.0. The Hall–Kier alpha value is -1.61. The van der Waals surface area contributed by atoms with Crippen LogP contribution in [0.3, 0.4) is 0 Å². The van der Waals surface area contributed by atoms with Crippen molar-refractivity contribution in [2.45, 2.75) is 58.0 Å². The average molecular weight is 338 g/mol. The lowest BCUT2D eigenvalue weighted by Gasteiger charge is -2.35. The van der Waals surface area contributed by atoms with E-state index >= 15 is 0 Å². The van der Waals surface area contributed by atoms with Crippen molar-refractivity contribution in [1.29, 1.82) is 0 Å². The third-order valence-corrected chi connectivity index (χ3v) is 6.00. The summed E-state index contributed by atoms with van der Waals surface area (Å²) in [6.07, 6.45) is 13.7. The summed E-state index contributed by atoms with van der Waals surface area (Å²) in [5.74, 6) is 1.99. The van der Waals surface area contributed by atoms with E-state index in [-0.39, 0.29) is 0 Å². The fourth-order valence-electron chi connectivity index (χ4n) is 4.48. The van der Waals surface area contributed by atoms with Crippen LogP contribution in [0.5, 0.6) is 5.75 Å². The third kappa shape index (κ3) is 4.14. The smallest absolute Gasteiger partial charge is 0.123 e. The monoisotopic (exact) mass is 338 g/mol. The van der Waals surface area contributed by atoms with Gasteiger partial charge >= 0.3 is 0 Å². The Bertz CT molecular complexity index is 700. The predicted molar refractivity (Wildman–Crippen MR) is 103 cm³/mol. The topological polar surface area (TPSA) is 25.4 Å². The maximum absolute atomic E-state index is 6.39. The molecular weight excluding hydrogens is 308 g/mol. The molecule has 2 heterocycles. The molecule has 3 nitrogen and oxygen atoms in total. The molecule has 0 unspecified atom stereocenters. The van der Waals surface area contributed by atoms with Crippen molar-refractivity contribution < 1.29 is 4.74 Å². The number of ether oxygens (including phenoxy) is 1. The number of nitrogens with zero attached hydrogens (tertiary/aromatic N) is 2. The zero-order chi connectivity index (χ0) is 17.1. The van der Waals surface area contributed by atoms with Gasteiger partial charge in [0.15, 0.2) is 0 Å². The molecule has 2 fully saturated rings. The van der Waals surface area contributed by atoms with Crippen molar-refractivity contribution >= 4 is 10.8 Å². The minimum absolute atomic E-state index is 0.362. The number of piperidine rings is 1. The highest BCUT2D eigenvalue weighted by Crippen LogP contribution is 2.29. The van der Waals surface area contributed by atoms with E-state index in [0.29, 0.717) is 6.10 Å². The highest BCUT2D eigenvalue weighted by Gasteiger charge is 2.24. The van der Waals surface area contributed by atoms with Crippen LogP contribution < -0.4 is 4.74 Å². The molecule has 3 heteroatoms. The standard InChI is InChI=1S/C22H30N2O/c1-17-13-20-15-23-10-7-19(20)14-22(17)25-21-8-11-24(12-9-21)16-18-5-3-2-4-6-18/h7,10,13-15,18,21H,2-6,8-9,11-12,16H2,1H3. The van der Waals surface area contributed by atoms with Crippen molar-refractivity contribution in [2.75, 3.05) is 19.6 Å². The zero-order valence-electron chi connectivity index (χ0n) is 15.4. The molecule has 1 saturated heterocycles. The first-order chi connectivity index (χ1) is 12.3. The Morgan fingerprint density at radius 3 is 2.64 bits per heavy atom. The molecule has 0 radical (unpaired) electrons. The van der Waals surface area contributed by atoms with Crippen LogP contribution >= 0.6 is 0 Å². The average Bonchev–Trinajstić information content (AvgIpc) is 2.65. The summed E-state index contributed by atoms with van der Waals surface area (Å²) in [5, 5.41) is 2.40. The number of hydrogen-bond acceptors (Lipinski definition) is 3. The number of aryl methyl sites for hydroxylation is 1. The molecule has 0 atom stereocenters. The summed E-state index contributed by atoms with van der Waals surface area (Å²) in [6.45, 7) is 5.84. The fraction of sp³-hybridized carbons (Fsp3) is 0.591. The maximum atomic E-state index is 6.39. The van der Waals surface area contributed by atoms with Crippen LogP contribution in [0.25, 0.3) is 10.8 Å². The van der Waals surface area contributed by atoms with Gasteiger partial charge in [-0.2, -0.15) is 0 Å². The molecule has 1 aromatic heterocycles. The lowest BCUT2D eigenvalue weighted by Crippen LogP contribution is -2.41. The molecule has 2 aliphatic rings. The van der Waals surface area contributed by atoms with Crippen LogP contribution in [0.15, 0.2) is 30.6 Å². The second-order valence-electron chi connectivity index (χ2n) is 7.96. The van der Waals surface area contributed by atoms with E-state index in [1.165, 1.54) is 68.1 Å². The minimum Gasteiger partial charge on any atom is -0.490 e. The van der Waals surface area contributed by atoms with Crippen molar-refractivity contribution in [3.8, 4) is 5.75 Å². The van der Waals surface area contributed by atoms with Crippen molar-refractivity contribution in [3.63, 3.8) is 0 Å². The second kappa shape index (κ2) is 7.74. The summed E-state index contributed by atoms with van der Waals surface area (Å²) >= 11 is 0. The van der Waals surface area contributed by atoms with Crippen molar-refractivity contribution in [1.82, 2.24) is 9.88 Å². The van der Waals surface area contributed by atoms with Gasteiger partial charge in [0, 0.05) is 37.4 Å². The molecule has 2 aromatic rings. The number of fused-ring (bicyclic) bond motifs is 1. The second-order valence-corrected chi connectivity index (χ2v) is 7.96. The van der Waals surface area contributed by atoms with Crippen molar-refractivity contribution in [2.24, 2.45) is 5.92 Å². The van der Waals surface area contributed by atoms with Gasteiger partial charge < -0.3 is 9.64 Å². The van der Waals surface area contributed by atoms with Crippen LogP contribution in [0, 0.1) is 12.8 Å². The lowest BCUT2D eigenvalue weighted by atomic mass is 9.88. The van der Waals surface area contributed by atoms with Gasteiger partial charge in [-0.05, 0) is 67.7 Å². The number of hydrogen-bond donors (Lipinski definition) is 0. The number of aromatic nitrogens is 1. The molecule has 134 valence electrons. The first-order valence-corrected chi connectivity index (χ1v) is 10.0. The van der Waals surface area contributed by atoms with E-state index in [4.69, 9.17) is 4.74 Å². The molecule has 1 aliphatic carbocycles. The number of rotatable bonds is 4. The van der Waals surface area contributed by atoms with Gasteiger partial charge in [0.25, 0.3) is 0 Å². The Morgan fingerprint density at radius 1 is 1.04 bits per heavy atom. The summed E-state index contributed by atoms with van der Waals surface area (Å²) in [7, 11) is 0. The number of benzene rings is 1. The minimum atomic E-state index is 0.362. The first kappa shape index (κ1) is 16.8. The van der Waals surface area contributed by atoms with Crippen LogP contribution in [0.1, 0.15) is 50.5 Å². The quantitative estimate of drug-likeness (QED) is 0.787. The predicted octanol–water partition coefficient (Wildman–Crippen LogP) is 4.97. The van der Waals surface area contributed by atoms with Crippen molar-refractivity contribution in [3.05, 3.63) is 36.2 Å². The van der Waals surface area contributed by atoms with Gasteiger partial charge in [-0.3, -0.25) is 4.98 Å². The highest BCUT2D eigenvalue weighted by atomic mass is 16.5. The third-order valence-electron chi connectivity index (χ3n) is 6.00. The Kier molecular flexibility index (Phi) is 5.21. The van der Waals surface area contributed by atoms with E-state index in [0.717, 1.165) is 24.5 Å². The largest absolute Gasteiger partial charge is 0.490 e. The number of pyridine rings is 1. The summed E-state index contributed by atoms with van der Waals surface area (Å²) in [4.78, 5) is 6.88. The summed E-state index contributed by atoms with van der Waals surface area (Å²) in [5.41, 5.74) is 1.21. The normalized spacial score (nSPS) is 20.8. The van der Waals surface area contributed by atoms with Gasteiger partial charge in [-0.15, -0.1) is 0 Å². The Balaban J connectivity index is 1.33. The molecule has 0 amide bonds. The van der Waals surface area contributed by atoms with E-state index in [2.05, 4.69) is 35.0 Å². The molecule has 25 heavy (non-hydrogen) atoms. The molecule has 1 aromatic carbocycles. The molecule has 0 bridgehead atoms. The maximum Gasteiger partial charge on any atom is 0.123 e. The van der Waals surface area contributed by atoms with Gasteiger partial charge in [0.2, 0.25) is 0 Å². The van der Waals surface area contributed by atoms with E-state index < -0.39 is 0 Å². The molecule has 1 aliphatic heterocycles. The molecule has 0 N–H and O–H groups in total.